The second kappa shape index (κ2) is 9.10. The molecule has 0 aliphatic carbocycles. The first-order valence-corrected chi connectivity index (χ1v) is 15.7. The summed E-state index contributed by atoms with van der Waals surface area (Å²) in [7, 11) is 0. The Morgan fingerprint density at radius 2 is 1.32 bits per heavy atom. The summed E-state index contributed by atoms with van der Waals surface area (Å²) in [4.78, 5) is 0. The normalized spacial score (nSPS) is 12.0. The topological polar surface area (TPSA) is 13.1 Å². The molecule has 1 heterocycles. The van der Waals surface area contributed by atoms with Gasteiger partial charge < -0.3 is 0 Å². The summed E-state index contributed by atoms with van der Waals surface area (Å²) in [6, 6.07) is 4.51. The van der Waals surface area contributed by atoms with Gasteiger partial charge in [0.15, 0.2) is 0 Å². The van der Waals surface area contributed by atoms with E-state index < -0.39 is 18.4 Å². The molecule has 0 saturated carbocycles. The van der Waals surface area contributed by atoms with Gasteiger partial charge in [-0.05, 0) is 0 Å². The predicted molar refractivity (Wildman–Crippen MR) is 88.0 cm³/mol. The first-order chi connectivity index (χ1) is 9.18. The van der Waals surface area contributed by atoms with Crippen LogP contribution in [-0.2, 0) is 0 Å². The van der Waals surface area contributed by atoms with Crippen LogP contribution < -0.4 is 3.78 Å². The van der Waals surface area contributed by atoms with Gasteiger partial charge in [0.1, 0.15) is 0 Å². The Bertz CT molecular complexity index is 321. The molecule has 0 radical (unpaired) electrons. The molecule has 0 bridgehead atoms. The van der Waals surface area contributed by atoms with Gasteiger partial charge in [0.05, 0.1) is 0 Å². The van der Waals surface area contributed by atoms with E-state index in [0.29, 0.717) is 0 Å². The van der Waals surface area contributed by atoms with Crippen molar-refractivity contribution in [3.05, 3.63) is 17.9 Å². The molecule has 0 fully saturated rings. The summed E-state index contributed by atoms with van der Waals surface area (Å²) in [6.07, 6.45) is 8.21. The summed E-state index contributed by atoms with van der Waals surface area (Å²) < 4.78 is 12.1. The Morgan fingerprint density at radius 3 is 1.63 bits per heavy atom. The van der Waals surface area contributed by atoms with Gasteiger partial charge in [-0.1, -0.05) is 0 Å². The molecule has 1 aromatic rings. The molecule has 0 spiro atoms. The van der Waals surface area contributed by atoms with Crippen LogP contribution in [0.2, 0.25) is 13.3 Å². The Morgan fingerprint density at radius 1 is 0.842 bits per heavy atom. The van der Waals surface area contributed by atoms with Crippen LogP contribution in [0.3, 0.4) is 0 Å². The molecule has 0 aromatic carbocycles. The van der Waals surface area contributed by atoms with E-state index in [4.69, 9.17) is 4.42 Å². The molecule has 1 rings (SSSR count). The zero-order chi connectivity index (χ0) is 14.1. The van der Waals surface area contributed by atoms with Crippen molar-refractivity contribution in [3.8, 4) is 0 Å². The summed E-state index contributed by atoms with van der Waals surface area (Å²) in [5.74, 6) is 1.11. The van der Waals surface area contributed by atoms with E-state index in [1.165, 1.54) is 55.6 Å². The van der Waals surface area contributed by atoms with Crippen molar-refractivity contribution in [2.45, 2.75) is 79.5 Å². The molecular formula is C17H32OSn. The molecule has 0 N–H and O–H groups in total. The van der Waals surface area contributed by atoms with Crippen molar-refractivity contribution in [2.24, 2.45) is 0 Å². The van der Waals surface area contributed by atoms with Gasteiger partial charge in [0.2, 0.25) is 0 Å². The summed E-state index contributed by atoms with van der Waals surface area (Å²) in [6.45, 7) is 9.07. The van der Waals surface area contributed by atoms with E-state index in [9.17, 15) is 0 Å². The molecule has 0 aliphatic rings. The summed E-state index contributed by atoms with van der Waals surface area (Å²) in [5, 5.41) is 0. The van der Waals surface area contributed by atoms with Crippen molar-refractivity contribution in [1.29, 1.82) is 0 Å². The molecule has 1 aromatic heterocycles. The first kappa shape index (κ1) is 17.1. The molecule has 0 atom stereocenters. The van der Waals surface area contributed by atoms with Crippen molar-refractivity contribution in [2.75, 3.05) is 0 Å². The number of furan rings is 1. The second-order valence-corrected chi connectivity index (χ2v) is 19.0. The zero-order valence-corrected chi connectivity index (χ0v) is 16.3. The SMILES string of the molecule is CCC[CH2][Sn]([CH2]CCC)([CH2]CCC)[c]1ccc(C)o1. The maximum atomic E-state index is 6.13. The van der Waals surface area contributed by atoms with Crippen LogP contribution in [-0.4, -0.2) is 18.4 Å². The van der Waals surface area contributed by atoms with E-state index in [2.05, 4.69) is 39.8 Å². The molecule has 0 saturated heterocycles. The number of hydrogen-bond acceptors (Lipinski definition) is 1. The van der Waals surface area contributed by atoms with Crippen molar-refractivity contribution >= 4 is 22.2 Å². The standard InChI is InChI=1S/C5H5O.3C4H9.Sn/c1-5-3-2-4-6-5;3*1-3-4-2;/h2-3H,1H3;3*1,3-4H2,2H3;. The molecule has 0 unspecified atom stereocenters. The Labute approximate surface area is 124 Å². The maximum absolute atomic E-state index is 6.13. The third-order valence-electron chi connectivity index (χ3n) is 4.29. The summed E-state index contributed by atoms with van der Waals surface area (Å²) in [5.41, 5.74) is 0. The van der Waals surface area contributed by atoms with Crippen LogP contribution in [0, 0.1) is 6.92 Å². The molecular weight excluding hydrogens is 339 g/mol. The van der Waals surface area contributed by atoms with E-state index >= 15 is 0 Å². The Balaban J connectivity index is 2.93. The summed E-state index contributed by atoms with van der Waals surface area (Å²) >= 11 is -2.24. The molecule has 1 nitrogen and oxygen atoms in total. The first-order valence-electron chi connectivity index (χ1n) is 8.25. The van der Waals surface area contributed by atoms with E-state index in [-0.39, 0.29) is 0 Å². The third kappa shape index (κ3) is 5.17. The predicted octanol–water partition coefficient (Wildman–Crippen LogP) is 5.64. The van der Waals surface area contributed by atoms with E-state index in [0.717, 1.165) is 5.76 Å². The van der Waals surface area contributed by atoms with Crippen molar-refractivity contribution < 1.29 is 4.42 Å². The van der Waals surface area contributed by atoms with Crippen LogP contribution in [0.4, 0.5) is 0 Å². The van der Waals surface area contributed by atoms with Crippen molar-refractivity contribution in [3.63, 3.8) is 0 Å². The number of unbranched alkanes of at least 4 members (excludes halogenated alkanes) is 3. The Hall–Kier alpha value is 0.0787. The number of aryl methyl sites for hydroxylation is 1. The quantitative estimate of drug-likeness (QED) is 0.485. The number of rotatable bonds is 10. The zero-order valence-electron chi connectivity index (χ0n) is 13.4. The van der Waals surface area contributed by atoms with Crippen LogP contribution in [0.25, 0.3) is 0 Å². The average Bonchev–Trinajstić information content (AvgIpc) is 2.85. The molecule has 2 heteroatoms. The number of hydrogen-bond donors (Lipinski definition) is 0. The van der Waals surface area contributed by atoms with Gasteiger partial charge in [0.25, 0.3) is 0 Å². The van der Waals surface area contributed by atoms with Crippen LogP contribution in [0.5, 0.6) is 0 Å². The van der Waals surface area contributed by atoms with Gasteiger partial charge in [0, 0.05) is 0 Å². The van der Waals surface area contributed by atoms with E-state index in [1.807, 2.05) is 0 Å². The molecule has 19 heavy (non-hydrogen) atoms. The third-order valence-corrected chi connectivity index (χ3v) is 19.3. The minimum absolute atomic E-state index is 1.11. The second-order valence-electron chi connectivity index (χ2n) is 6.00. The van der Waals surface area contributed by atoms with E-state index in [1.54, 1.807) is 0 Å². The fourth-order valence-corrected chi connectivity index (χ4v) is 18.4. The monoisotopic (exact) mass is 372 g/mol. The fraction of sp³-hybridized carbons (Fsp3) is 0.765. The van der Waals surface area contributed by atoms with Gasteiger partial charge >= 0.3 is 124 Å². The van der Waals surface area contributed by atoms with Gasteiger partial charge in [-0.2, -0.15) is 0 Å². The molecule has 0 aliphatic heterocycles. The van der Waals surface area contributed by atoms with Crippen LogP contribution in [0.15, 0.2) is 16.5 Å². The fourth-order valence-electron chi connectivity index (χ4n) is 3.01. The average molecular weight is 371 g/mol. The van der Waals surface area contributed by atoms with Gasteiger partial charge in [-0.3, -0.25) is 0 Å². The van der Waals surface area contributed by atoms with Gasteiger partial charge in [-0.15, -0.1) is 0 Å². The molecule has 0 amide bonds. The molecule has 110 valence electrons. The van der Waals surface area contributed by atoms with Crippen LogP contribution in [0.1, 0.15) is 65.1 Å². The van der Waals surface area contributed by atoms with Gasteiger partial charge in [-0.25, -0.2) is 0 Å². The minimum atomic E-state index is -2.24. The Kier molecular flexibility index (Phi) is 8.20. The van der Waals surface area contributed by atoms with Crippen molar-refractivity contribution in [1.82, 2.24) is 0 Å². The van der Waals surface area contributed by atoms with Crippen LogP contribution >= 0.6 is 0 Å².